The molecule has 4 nitrogen and oxygen atoms in total. The van der Waals surface area contributed by atoms with Gasteiger partial charge in [0.25, 0.3) is 0 Å². The molecule has 112 valence electrons. The van der Waals surface area contributed by atoms with Crippen molar-refractivity contribution in [1.29, 1.82) is 0 Å². The summed E-state index contributed by atoms with van der Waals surface area (Å²) in [6.45, 7) is 8.68. The molecule has 0 amide bonds. The lowest BCUT2D eigenvalue weighted by Gasteiger charge is -2.41. The van der Waals surface area contributed by atoms with Gasteiger partial charge in [-0.3, -0.25) is 4.79 Å². The number of rotatable bonds is 7. The summed E-state index contributed by atoms with van der Waals surface area (Å²) in [6.07, 6.45) is 5.59. The summed E-state index contributed by atoms with van der Waals surface area (Å²) < 4.78 is 0. The van der Waals surface area contributed by atoms with Gasteiger partial charge in [0.2, 0.25) is 0 Å². The predicted octanol–water partition coefficient (Wildman–Crippen LogP) is 2.47. The van der Waals surface area contributed by atoms with E-state index in [4.69, 9.17) is 5.73 Å². The Morgan fingerprint density at radius 1 is 1.42 bits per heavy atom. The van der Waals surface area contributed by atoms with Crippen LogP contribution in [-0.2, 0) is 4.79 Å². The monoisotopic (exact) mass is 270 g/mol. The predicted molar refractivity (Wildman–Crippen MR) is 78.1 cm³/mol. The third-order valence-electron chi connectivity index (χ3n) is 4.76. The molecular weight excluding hydrogens is 240 g/mol. The molecular formula is C15H30N2O2. The highest BCUT2D eigenvalue weighted by atomic mass is 16.4. The number of carbonyl (C=O) groups is 1. The van der Waals surface area contributed by atoms with Crippen LogP contribution in [0.25, 0.3) is 0 Å². The van der Waals surface area contributed by atoms with E-state index in [0.29, 0.717) is 24.8 Å². The van der Waals surface area contributed by atoms with Crippen molar-refractivity contribution in [3.63, 3.8) is 0 Å². The SMILES string of the molecule is CCC(CC)CN(CC)C1CCCC(N)(C(=O)O)C1. The lowest BCUT2D eigenvalue weighted by Crippen LogP contribution is -2.56. The highest BCUT2D eigenvalue weighted by Gasteiger charge is 2.40. The average Bonchev–Trinajstić information content (AvgIpc) is 2.40. The molecule has 0 aromatic heterocycles. The normalized spacial score (nSPS) is 28.0. The molecule has 0 radical (unpaired) electrons. The Kier molecular flexibility index (Phi) is 6.27. The minimum atomic E-state index is -1.01. The number of nitrogens with zero attached hydrogens (tertiary/aromatic N) is 1. The lowest BCUT2D eigenvalue weighted by molar-refractivity contribution is -0.145. The Bertz CT molecular complexity index is 292. The van der Waals surface area contributed by atoms with E-state index < -0.39 is 11.5 Å². The zero-order chi connectivity index (χ0) is 14.5. The van der Waals surface area contributed by atoms with Crippen LogP contribution in [0.1, 0.15) is 59.3 Å². The number of aliphatic carboxylic acids is 1. The standard InChI is InChI=1S/C15H30N2O2/c1-4-12(5-2)11-17(6-3)13-8-7-9-15(16,10-13)14(18)19/h12-13H,4-11,16H2,1-3H3,(H,18,19). The molecule has 0 bridgehead atoms. The molecule has 4 heteroatoms. The maximum atomic E-state index is 11.3. The molecule has 2 unspecified atom stereocenters. The molecule has 1 fully saturated rings. The Hall–Kier alpha value is -0.610. The van der Waals surface area contributed by atoms with Gasteiger partial charge in [-0.25, -0.2) is 0 Å². The van der Waals surface area contributed by atoms with Crippen molar-refractivity contribution < 1.29 is 9.90 Å². The van der Waals surface area contributed by atoms with Crippen LogP contribution >= 0.6 is 0 Å². The van der Waals surface area contributed by atoms with Crippen LogP contribution in [0, 0.1) is 5.92 Å². The number of carboxylic acid groups (broad SMARTS) is 1. The molecule has 1 saturated carbocycles. The minimum absolute atomic E-state index is 0.334. The van der Waals surface area contributed by atoms with Crippen molar-refractivity contribution in [3.8, 4) is 0 Å². The second kappa shape index (κ2) is 7.25. The Morgan fingerprint density at radius 2 is 2.05 bits per heavy atom. The number of nitrogens with two attached hydrogens (primary N) is 1. The van der Waals surface area contributed by atoms with Crippen LogP contribution < -0.4 is 5.73 Å². The van der Waals surface area contributed by atoms with Gasteiger partial charge in [0.1, 0.15) is 5.54 Å². The zero-order valence-corrected chi connectivity index (χ0v) is 12.7. The third kappa shape index (κ3) is 4.18. The molecule has 0 heterocycles. The first-order valence-electron chi connectivity index (χ1n) is 7.73. The smallest absolute Gasteiger partial charge is 0.323 e. The lowest BCUT2D eigenvalue weighted by atomic mass is 9.79. The second-order valence-electron chi connectivity index (χ2n) is 5.98. The Balaban J connectivity index is 2.67. The van der Waals surface area contributed by atoms with Crippen molar-refractivity contribution in [2.75, 3.05) is 13.1 Å². The quantitative estimate of drug-likeness (QED) is 0.746. The van der Waals surface area contributed by atoms with E-state index in [1.807, 2.05) is 0 Å². The maximum absolute atomic E-state index is 11.3. The molecule has 0 aliphatic heterocycles. The van der Waals surface area contributed by atoms with Gasteiger partial charge in [-0.05, 0) is 38.1 Å². The van der Waals surface area contributed by atoms with Crippen molar-refractivity contribution in [3.05, 3.63) is 0 Å². The summed E-state index contributed by atoms with van der Waals surface area (Å²) in [7, 11) is 0. The number of carboxylic acids is 1. The first kappa shape index (κ1) is 16.4. The first-order chi connectivity index (χ1) is 8.96. The Labute approximate surface area is 117 Å². The summed E-state index contributed by atoms with van der Waals surface area (Å²) >= 11 is 0. The van der Waals surface area contributed by atoms with E-state index in [0.717, 1.165) is 25.9 Å². The van der Waals surface area contributed by atoms with Crippen LogP contribution in [0.15, 0.2) is 0 Å². The van der Waals surface area contributed by atoms with Crippen molar-refractivity contribution in [1.82, 2.24) is 4.90 Å². The van der Waals surface area contributed by atoms with E-state index in [1.165, 1.54) is 12.8 Å². The van der Waals surface area contributed by atoms with E-state index in [9.17, 15) is 9.90 Å². The fraction of sp³-hybridized carbons (Fsp3) is 0.933. The fourth-order valence-electron chi connectivity index (χ4n) is 3.20. The third-order valence-corrected chi connectivity index (χ3v) is 4.76. The number of hydrogen-bond donors (Lipinski definition) is 2. The molecule has 3 N–H and O–H groups in total. The van der Waals surface area contributed by atoms with Crippen molar-refractivity contribution in [2.24, 2.45) is 11.7 Å². The van der Waals surface area contributed by atoms with Gasteiger partial charge < -0.3 is 15.7 Å². The molecule has 19 heavy (non-hydrogen) atoms. The summed E-state index contributed by atoms with van der Waals surface area (Å²) in [5.74, 6) is -0.130. The molecule has 1 aliphatic rings. The summed E-state index contributed by atoms with van der Waals surface area (Å²) in [6, 6.07) is 0.334. The first-order valence-corrected chi connectivity index (χ1v) is 7.73. The van der Waals surface area contributed by atoms with Gasteiger partial charge in [0.05, 0.1) is 0 Å². The largest absolute Gasteiger partial charge is 0.480 e. The topological polar surface area (TPSA) is 66.6 Å². The molecule has 0 aromatic carbocycles. The van der Waals surface area contributed by atoms with E-state index in [2.05, 4.69) is 25.7 Å². The highest BCUT2D eigenvalue weighted by molar-refractivity contribution is 5.78. The van der Waals surface area contributed by atoms with Crippen molar-refractivity contribution >= 4 is 5.97 Å². The second-order valence-corrected chi connectivity index (χ2v) is 5.98. The van der Waals surface area contributed by atoms with Crippen LogP contribution in [-0.4, -0.2) is 40.6 Å². The summed E-state index contributed by atoms with van der Waals surface area (Å²) in [5.41, 5.74) is 5.04. The van der Waals surface area contributed by atoms with E-state index in [-0.39, 0.29) is 0 Å². The highest BCUT2D eigenvalue weighted by Crippen LogP contribution is 2.30. The van der Waals surface area contributed by atoms with Crippen LogP contribution in [0.3, 0.4) is 0 Å². The zero-order valence-electron chi connectivity index (χ0n) is 12.7. The van der Waals surface area contributed by atoms with Gasteiger partial charge in [-0.1, -0.05) is 33.6 Å². The van der Waals surface area contributed by atoms with Gasteiger partial charge >= 0.3 is 5.97 Å². The van der Waals surface area contributed by atoms with Gasteiger partial charge in [0.15, 0.2) is 0 Å². The minimum Gasteiger partial charge on any atom is -0.480 e. The van der Waals surface area contributed by atoms with Gasteiger partial charge in [-0.2, -0.15) is 0 Å². The van der Waals surface area contributed by atoms with Crippen molar-refractivity contribution in [2.45, 2.75) is 70.9 Å². The van der Waals surface area contributed by atoms with Crippen LogP contribution in [0.4, 0.5) is 0 Å². The van der Waals surface area contributed by atoms with Crippen LogP contribution in [0.5, 0.6) is 0 Å². The molecule has 2 atom stereocenters. The molecule has 1 aliphatic carbocycles. The molecule has 0 aromatic rings. The summed E-state index contributed by atoms with van der Waals surface area (Å²) in [4.78, 5) is 13.8. The molecule has 0 saturated heterocycles. The average molecular weight is 270 g/mol. The van der Waals surface area contributed by atoms with Gasteiger partial charge in [-0.15, -0.1) is 0 Å². The molecule has 0 spiro atoms. The van der Waals surface area contributed by atoms with E-state index >= 15 is 0 Å². The van der Waals surface area contributed by atoms with E-state index in [1.54, 1.807) is 0 Å². The Morgan fingerprint density at radius 3 is 2.53 bits per heavy atom. The number of hydrogen-bond acceptors (Lipinski definition) is 3. The maximum Gasteiger partial charge on any atom is 0.323 e. The fourth-order valence-corrected chi connectivity index (χ4v) is 3.20. The molecule has 1 rings (SSSR count). The van der Waals surface area contributed by atoms with Crippen LogP contribution in [0.2, 0.25) is 0 Å². The summed E-state index contributed by atoms with van der Waals surface area (Å²) in [5, 5.41) is 9.30. The van der Waals surface area contributed by atoms with Gasteiger partial charge in [0, 0.05) is 12.6 Å².